The van der Waals surface area contributed by atoms with Gasteiger partial charge < -0.3 is 24.6 Å². The first-order valence-electron chi connectivity index (χ1n) is 12.4. The first-order valence-corrected chi connectivity index (χ1v) is 12.4. The summed E-state index contributed by atoms with van der Waals surface area (Å²) in [7, 11) is 3.31. The van der Waals surface area contributed by atoms with Gasteiger partial charge in [0.15, 0.2) is 11.6 Å². The molecule has 1 saturated carbocycles. The Labute approximate surface area is 220 Å². The lowest BCUT2D eigenvalue weighted by molar-refractivity contribution is -0.119. The summed E-state index contributed by atoms with van der Waals surface area (Å²) in [6.45, 7) is 2.42. The number of rotatable bonds is 13. The molecule has 2 N–H and O–H groups in total. The van der Waals surface area contributed by atoms with Crippen molar-refractivity contribution in [3.8, 4) is 17.4 Å². The van der Waals surface area contributed by atoms with Gasteiger partial charge in [-0.1, -0.05) is 0 Å². The number of carbonyl (C=O) groups excluding carboxylic acids is 2. The van der Waals surface area contributed by atoms with Gasteiger partial charge in [0.25, 0.3) is 5.91 Å². The molecule has 1 aromatic carbocycles. The topological polar surface area (TPSA) is 141 Å². The Morgan fingerprint density at radius 3 is 2.63 bits per heavy atom. The Morgan fingerprint density at radius 2 is 2.00 bits per heavy atom. The zero-order valence-electron chi connectivity index (χ0n) is 21.7. The second-order valence-electron chi connectivity index (χ2n) is 9.14. The molecular formula is C26H32N6O6. The number of anilines is 2. The predicted octanol–water partition coefficient (Wildman–Crippen LogP) is 2.79. The van der Waals surface area contributed by atoms with Gasteiger partial charge in [0.1, 0.15) is 17.6 Å². The minimum Gasteiger partial charge on any atom is -0.488 e. The summed E-state index contributed by atoms with van der Waals surface area (Å²) in [4.78, 5) is 36.0. The van der Waals surface area contributed by atoms with E-state index in [9.17, 15) is 14.7 Å². The molecule has 2 aromatic heterocycles. The van der Waals surface area contributed by atoms with Crippen LogP contribution in [-0.2, 0) is 16.6 Å². The van der Waals surface area contributed by atoms with Crippen LogP contribution >= 0.6 is 0 Å². The lowest BCUT2D eigenvalue weighted by Crippen LogP contribution is -2.34. The number of methoxy groups -OCH3 is 1. The van der Waals surface area contributed by atoms with E-state index in [1.807, 2.05) is 0 Å². The number of ether oxygens (including phenoxy) is 3. The van der Waals surface area contributed by atoms with Gasteiger partial charge in [-0.3, -0.25) is 19.2 Å². The maximum atomic E-state index is 12.9. The number of aliphatic hydroxyl groups is 1. The molecule has 0 aliphatic heterocycles. The first-order chi connectivity index (χ1) is 18.3. The molecular weight excluding hydrogens is 492 g/mol. The average Bonchev–Trinajstić information content (AvgIpc) is 3.65. The van der Waals surface area contributed by atoms with Crippen molar-refractivity contribution in [1.82, 2.24) is 19.7 Å². The van der Waals surface area contributed by atoms with Gasteiger partial charge in [0.2, 0.25) is 11.8 Å². The molecule has 0 saturated heterocycles. The monoisotopic (exact) mass is 524 g/mol. The van der Waals surface area contributed by atoms with Crippen molar-refractivity contribution in [2.45, 2.75) is 32.3 Å². The normalized spacial score (nSPS) is 13.6. The quantitative estimate of drug-likeness (QED) is 0.345. The van der Waals surface area contributed by atoms with Crippen molar-refractivity contribution in [3.05, 3.63) is 48.4 Å². The molecule has 3 aromatic rings. The highest BCUT2D eigenvalue weighted by atomic mass is 16.5. The van der Waals surface area contributed by atoms with Crippen LogP contribution in [0.15, 0.2) is 42.9 Å². The molecule has 1 atom stereocenters. The standard InChI is InChI=1S/C26H32N6O6/c1-17(16-33)37-20-10-19(26(35)29-22-6-8-31(2)30-22)11-21(12-20)38-24-14-27-23(13-28-24)32(15-18-4-5-18)25(34)7-9-36-3/h6,8,10-14,17-18,33H,4-5,7,9,15-16H2,1-3H3,(H,29,30,35)/t17-/m0/s1. The zero-order valence-corrected chi connectivity index (χ0v) is 21.7. The van der Waals surface area contributed by atoms with Crippen molar-refractivity contribution >= 4 is 23.5 Å². The molecule has 202 valence electrons. The molecule has 2 amide bonds. The summed E-state index contributed by atoms with van der Waals surface area (Å²) in [5.41, 5.74) is 0.261. The smallest absolute Gasteiger partial charge is 0.257 e. The van der Waals surface area contributed by atoms with Crippen LogP contribution in [0.2, 0.25) is 0 Å². The molecule has 1 aliphatic carbocycles. The van der Waals surface area contributed by atoms with Crippen LogP contribution in [0.4, 0.5) is 11.6 Å². The fraction of sp³-hybridized carbons (Fsp3) is 0.423. The van der Waals surface area contributed by atoms with Gasteiger partial charge in [-0.2, -0.15) is 5.10 Å². The number of nitrogens with one attached hydrogen (secondary N) is 1. The number of nitrogens with zero attached hydrogens (tertiary/aromatic N) is 5. The Bertz CT molecular complexity index is 1240. The lowest BCUT2D eigenvalue weighted by Gasteiger charge is -2.21. The molecule has 0 bridgehead atoms. The summed E-state index contributed by atoms with van der Waals surface area (Å²) in [6.07, 6.45) is 6.57. The van der Waals surface area contributed by atoms with E-state index in [2.05, 4.69) is 20.4 Å². The molecule has 0 radical (unpaired) electrons. The van der Waals surface area contributed by atoms with Crippen LogP contribution in [-0.4, -0.2) is 69.6 Å². The molecule has 38 heavy (non-hydrogen) atoms. The molecule has 0 unspecified atom stereocenters. The molecule has 1 aliphatic rings. The summed E-state index contributed by atoms with van der Waals surface area (Å²) in [6, 6.07) is 6.35. The predicted molar refractivity (Wildman–Crippen MR) is 138 cm³/mol. The van der Waals surface area contributed by atoms with E-state index in [0.717, 1.165) is 12.8 Å². The minimum absolute atomic E-state index is 0.0758. The highest BCUT2D eigenvalue weighted by Gasteiger charge is 2.28. The third-order valence-electron chi connectivity index (χ3n) is 5.76. The summed E-state index contributed by atoms with van der Waals surface area (Å²) < 4.78 is 18.2. The first kappa shape index (κ1) is 27.0. The van der Waals surface area contributed by atoms with E-state index in [-0.39, 0.29) is 36.1 Å². The van der Waals surface area contributed by atoms with E-state index in [4.69, 9.17) is 14.2 Å². The highest BCUT2D eigenvalue weighted by Crippen LogP contribution is 2.32. The maximum absolute atomic E-state index is 12.9. The Hall–Kier alpha value is -4.03. The van der Waals surface area contributed by atoms with E-state index in [1.54, 1.807) is 55.1 Å². The molecule has 2 heterocycles. The van der Waals surface area contributed by atoms with Gasteiger partial charge >= 0.3 is 0 Å². The van der Waals surface area contributed by atoms with Crippen LogP contribution < -0.4 is 19.7 Å². The van der Waals surface area contributed by atoms with Crippen molar-refractivity contribution in [2.75, 3.05) is 37.1 Å². The SMILES string of the molecule is COCCC(=O)N(CC1CC1)c1cnc(Oc2cc(O[C@@H](C)CO)cc(C(=O)Nc3ccn(C)n3)c2)cn1. The van der Waals surface area contributed by atoms with Crippen LogP contribution in [0, 0.1) is 5.92 Å². The van der Waals surface area contributed by atoms with Crippen molar-refractivity contribution in [3.63, 3.8) is 0 Å². The van der Waals surface area contributed by atoms with Gasteiger partial charge in [-0.15, -0.1) is 0 Å². The largest absolute Gasteiger partial charge is 0.488 e. The molecule has 12 nitrogen and oxygen atoms in total. The number of aryl methyl sites for hydroxylation is 1. The summed E-state index contributed by atoms with van der Waals surface area (Å²) in [5, 5.41) is 16.3. The van der Waals surface area contributed by atoms with E-state index >= 15 is 0 Å². The molecule has 12 heteroatoms. The lowest BCUT2D eigenvalue weighted by atomic mass is 10.2. The fourth-order valence-electron chi connectivity index (χ4n) is 3.60. The number of amides is 2. The van der Waals surface area contributed by atoms with Crippen LogP contribution in [0.3, 0.4) is 0 Å². The number of aromatic nitrogens is 4. The molecule has 4 rings (SSSR count). The minimum atomic E-state index is -0.496. The zero-order chi connectivity index (χ0) is 27.1. The van der Waals surface area contributed by atoms with Crippen molar-refractivity contribution in [2.24, 2.45) is 13.0 Å². The second-order valence-corrected chi connectivity index (χ2v) is 9.14. The van der Waals surface area contributed by atoms with Crippen molar-refractivity contribution < 1.29 is 28.9 Å². The number of aliphatic hydroxyl groups excluding tert-OH is 1. The van der Waals surface area contributed by atoms with Crippen molar-refractivity contribution in [1.29, 1.82) is 0 Å². The highest BCUT2D eigenvalue weighted by molar-refractivity contribution is 6.04. The Balaban J connectivity index is 1.52. The van der Waals surface area contributed by atoms with Gasteiger partial charge in [0.05, 0.1) is 32.0 Å². The number of hydrogen-bond donors (Lipinski definition) is 2. The average molecular weight is 525 g/mol. The fourth-order valence-corrected chi connectivity index (χ4v) is 3.60. The van der Waals surface area contributed by atoms with Crippen LogP contribution in [0.25, 0.3) is 0 Å². The Morgan fingerprint density at radius 1 is 1.21 bits per heavy atom. The number of carbonyl (C=O) groups is 2. The van der Waals surface area contributed by atoms with E-state index in [1.165, 1.54) is 18.5 Å². The molecule has 0 spiro atoms. The van der Waals surface area contributed by atoms with E-state index in [0.29, 0.717) is 36.5 Å². The maximum Gasteiger partial charge on any atom is 0.257 e. The number of hydrogen-bond acceptors (Lipinski definition) is 9. The summed E-state index contributed by atoms with van der Waals surface area (Å²) in [5.74, 6) is 1.61. The van der Waals surface area contributed by atoms with Gasteiger partial charge in [-0.05, 0) is 37.8 Å². The van der Waals surface area contributed by atoms with Gasteiger partial charge in [-0.25, -0.2) is 9.97 Å². The van der Waals surface area contributed by atoms with Crippen LogP contribution in [0.5, 0.6) is 17.4 Å². The van der Waals surface area contributed by atoms with Crippen LogP contribution in [0.1, 0.15) is 36.5 Å². The molecule has 1 fully saturated rings. The second kappa shape index (κ2) is 12.5. The third kappa shape index (κ3) is 7.49. The summed E-state index contributed by atoms with van der Waals surface area (Å²) >= 11 is 0. The third-order valence-corrected chi connectivity index (χ3v) is 5.76. The van der Waals surface area contributed by atoms with E-state index < -0.39 is 12.0 Å². The van der Waals surface area contributed by atoms with Gasteiger partial charge in [0, 0.05) is 44.6 Å². The number of benzene rings is 1. The Kier molecular flexibility index (Phi) is 8.87.